The Morgan fingerprint density at radius 2 is 2.10 bits per heavy atom. The zero-order valence-corrected chi connectivity index (χ0v) is 12.9. The molecule has 2 saturated heterocycles. The first-order chi connectivity index (χ1) is 10.0. The van der Waals surface area contributed by atoms with Gasteiger partial charge in [-0.1, -0.05) is 18.2 Å². The Balaban J connectivity index is 1.85. The van der Waals surface area contributed by atoms with Gasteiger partial charge in [0.25, 0.3) is 0 Å². The average Bonchev–Trinajstić information content (AvgIpc) is 2.71. The molecule has 0 saturated carbocycles. The van der Waals surface area contributed by atoms with Crippen molar-refractivity contribution in [1.29, 1.82) is 0 Å². The zero-order chi connectivity index (χ0) is 15.0. The fraction of sp³-hybridized carbons (Fsp3) is 0.500. The molecule has 2 aliphatic rings. The third-order valence-electron chi connectivity index (χ3n) is 4.13. The van der Waals surface area contributed by atoms with E-state index < -0.39 is 23.6 Å². The molecule has 0 radical (unpaired) electrons. The second-order valence-electron chi connectivity index (χ2n) is 5.85. The molecule has 0 amide bonds. The van der Waals surface area contributed by atoms with Crippen LogP contribution < -0.4 is 0 Å². The summed E-state index contributed by atoms with van der Waals surface area (Å²) in [4.78, 5) is 25.3. The molecule has 0 aromatic heterocycles. The number of carbonyl (C=O) groups excluding carboxylic acids is 2. The van der Waals surface area contributed by atoms with Crippen molar-refractivity contribution >= 4 is 23.5 Å². The van der Waals surface area contributed by atoms with Gasteiger partial charge in [-0.05, 0) is 25.5 Å². The van der Waals surface area contributed by atoms with Crippen LogP contribution in [0.25, 0.3) is 0 Å². The van der Waals surface area contributed by atoms with Crippen LogP contribution in [0.1, 0.15) is 19.8 Å². The van der Waals surface area contributed by atoms with Crippen LogP contribution in [0.4, 0.5) is 0 Å². The number of hydrogen-bond donors (Lipinski definition) is 0. The van der Waals surface area contributed by atoms with E-state index in [1.165, 1.54) is 7.11 Å². The first kappa shape index (κ1) is 14.6. The van der Waals surface area contributed by atoms with Gasteiger partial charge < -0.3 is 9.47 Å². The van der Waals surface area contributed by atoms with Crippen LogP contribution in [-0.2, 0) is 19.1 Å². The number of carbonyl (C=O) groups is 2. The Morgan fingerprint density at radius 3 is 2.76 bits per heavy atom. The summed E-state index contributed by atoms with van der Waals surface area (Å²) in [6.07, 6.45) is 0.667. The van der Waals surface area contributed by atoms with E-state index in [0.29, 0.717) is 0 Å². The molecule has 2 bridgehead atoms. The highest BCUT2D eigenvalue weighted by atomic mass is 32.2. The summed E-state index contributed by atoms with van der Waals surface area (Å²) in [6.45, 7) is 1.96. The maximum Gasteiger partial charge on any atom is 0.318 e. The van der Waals surface area contributed by atoms with Gasteiger partial charge in [-0.25, -0.2) is 0 Å². The molecule has 1 aromatic carbocycles. The summed E-state index contributed by atoms with van der Waals surface area (Å²) >= 11 is 1.67. The van der Waals surface area contributed by atoms with Crippen molar-refractivity contribution in [3.63, 3.8) is 0 Å². The first-order valence-electron chi connectivity index (χ1n) is 7.02. The standard InChI is InChI=1S/C16H18O4S/c1-16-8-11(17)13(15(18)19-2)14(20-16)12(9-16)21-10-6-4-3-5-7-10/h3-7,12-14H,8-9H2,1-2H3/t12-,13?,14-,16-/m1/s1. The SMILES string of the molecule is COC(=O)C1C(=O)C[C@]2(C)C[C@@H](Sc3ccccc3)[C@H]1O2. The van der Waals surface area contributed by atoms with Gasteiger partial charge in [0.15, 0.2) is 5.78 Å². The fourth-order valence-corrected chi connectivity index (χ4v) is 4.67. The predicted molar refractivity (Wildman–Crippen MR) is 79.1 cm³/mol. The molecule has 21 heavy (non-hydrogen) atoms. The smallest absolute Gasteiger partial charge is 0.318 e. The highest BCUT2D eigenvalue weighted by Gasteiger charge is 2.57. The molecule has 1 aromatic rings. The Labute approximate surface area is 128 Å². The summed E-state index contributed by atoms with van der Waals surface area (Å²) in [6, 6.07) is 9.99. The number of esters is 1. The fourth-order valence-electron chi connectivity index (χ4n) is 3.23. The molecule has 2 heterocycles. The zero-order valence-electron chi connectivity index (χ0n) is 12.1. The summed E-state index contributed by atoms with van der Waals surface area (Å²) in [7, 11) is 1.32. The molecule has 4 atom stereocenters. The highest BCUT2D eigenvalue weighted by molar-refractivity contribution is 8.00. The number of rotatable bonds is 3. The molecular weight excluding hydrogens is 288 g/mol. The minimum atomic E-state index is -0.785. The van der Waals surface area contributed by atoms with Crippen LogP contribution in [0.15, 0.2) is 35.2 Å². The Hall–Kier alpha value is -1.33. The van der Waals surface area contributed by atoms with Gasteiger partial charge in [-0.2, -0.15) is 0 Å². The maximum atomic E-state index is 12.3. The van der Waals surface area contributed by atoms with E-state index in [1.807, 2.05) is 37.3 Å². The largest absolute Gasteiger partial charge is 0.468 e. The van der Waals surface area contributed by atoms with Crippen molar-refractivity contribution in [2.24, 2.45) is 5.92 Å². The van der Waals surface area contributed by atoms with E-state index in [2.05, 4.69) is 0 Å². The van der Waals surface area contributed by atoms with E-state index in [4.69, 9.17) is 9.47 Å². The molecule has 0 N–H and O–H groups in total. The van der Waals surface area contributed by atoms with Crippen molar-refractivity contribution < 1.29 is 19.1 Å². The van der Waals surface area contributed by atoms with Gasteiger partial charge in [0.05, 0.1) is 18.8 Å². The van der Waals surface area contributed by atoms with Crippen molar-refractivity contribution in [2.75, 3.05) is 7.11 Å². The van der Waals surface area contributed by atoms with E-state index >= 15 is 0 Å². The molecule has 5 heteroatoms. The molecule has 0 spiro atoms. The number of thioether (sulfide) groups is 1. The quantitative estimate of drug-likeness (QED) is 0.634. The minimum absolute atomic E-state index is 0.0586. The van der Waals surface area contributed by atoms with Crippen LogP contribution in [0.5, 0.6) is 0 Å². The van der Waals surface area contributed by atoms with Crippen molar-refractivity contribution in [2.45, 2.75) is 41.6 Å². The average molecular weight is 306 g/mol. The lowest BCUT2D eigenvalue weighted by molar-refractivity contribution is -0.167. The number of benzene rings is 1. The number of methoxy groups -OCH3 is 1. The minimum Gasteiger partial charge on any atom is -0.468 e. The Kier molecular flexibility index (Phi) is 3.80. The summed E-state index contributed by atoms with van der Waals surface area (Å²) in [5.74, 6) is -1.32. The number of fused-ring (bicyclic) bond motifs is 2. The predicted octanol–water partition coefficient (Wildman–Crippen LogP) is 2.46. The van der Waals surface area contributed by atoms with E-state index in [0.717, 1.165) is 11.3 Å². The molecule has 2 aliphatic heterocycles. The van der Waals surface area contributed by atoms with Crippen LogP contribution >= 0.6 is 11.8 Å². The van der Waals surface area contributed by atoms with E-state index in [9.17, 15) is 9.59 Å². The molecule has 2 fully saturated rings. The lowest BCUT2D eigenvalue weighted by Gasteiger charge is -2.33. The normalized spacial score (nSPS) is 34.8. The van der Waals surface area contributed by atoms with Gasteiger partial charge in [-0.3, -0.25) is 9.59 Å². The Morgan fingerprint density at radius 1 is 1.38 bits per heavy atom. The van der Waals surface area contributed by atoms with Crippen LogP contribution in [-0.4, -0.2) is 35.8 Å². The van der Waals surface area contributed by atoms with E-state index in [1.54, 1.807) is 11.8 Å². The monoisotopic (exact) mass is 306 g/mol. The maximum absolute atomic E-state index is 12.3. The van der Waals surface area contributed by atoms with Crippen LogP contribution in [0.3, 0.4) is 0 Å². The second-order valence-corrected chi connectivity index (χ2v) is 7.16. The van der Waals surface area contributed by atoms with Gasteiger partial charge in [0, 0.05) is 16.6 Å². The second kappa shape index (κ2) is 5.46. The molecule has 1 unspecified atom stereocenters. The lowest BCUT2D eigenvalue weighted by atomic mass is 9.90. The molecule has 4 nitrogen and oxygen atoms in total. The lowest BCUT2D eigenvalue weighted by Crippen LogP contribution is -2.46. The van der Waals surface area contributed by atoms with Gasteiger partial charge in [0.2, 0.25) is 0 Å². The van der Waals surface area contributed by atoms with Crippen molar-refractivity contribution in [3.8, 4) is 0 Å². The number of hydrogen-bond acceptors (Lipinski definition) is 5. The number of Topliss-reactive ketones (excluding diaryl/α,β-unsaturated/α-hetero) is 1. The number of ether oxygens (including phenoxy) is 2. The molecule has 112 valence electrons. The Bertz CT molecular complexity index is 559. The summed E-state index contributed by atoms with van der Waals surface area (Å²) in [5.41, 5.74) is -0.446. The van der Waals surface area contributed by atoms with Crippen LogP contribution in [0, 0.1) is 5.92 Å². The molecular formula is C16H18O4S. The van der Waals surface area contributed by atoms with Gasteiger partial charge >= 0.3 is 5.97 Å². The van der Waals surface area contributed by atoms with Gasteiger partial charge in [0.1, 0.15) is 5.92 Å². The summed E-state index contributed by atoms with van der Waals surface area (Å²) < 4.78 is 10.8. The summed E-state index contributed by atoms with van der Waals surface area (Å²) in [5, 5.41) is 0.0907. The van der Waals surface area contributed by atoms with Crippen molar-refractivity contribution in [1.82, 2.24) is 0 Å². The molecule has 0 aliphatic carbocycles. The van der Waals surface area contributed by atoms with E-state index in [-0.39, 0.29) is 17.5 Å². The van der Waals surface area contributed by atoms with Crippen LogP contribution in [0.2, 0.25) is 0 Å². The first-order valence-corrected chi connectivity index (χ1v) is 7.90. The molecule has 3 rings (SSSR count). The third kappa shape index (κ3) is 2.72. The van der Waals surface area contributed by atoms with Crippen molar-refractivity contribution in [3.05, 3.63) is 30.3 Å². The third-order valence-corrected chi connectivity index (χ3v) is 5.41. The number of ketones is 1. The highest BCUT2D eigenvalue weighted by Crippen LogP contribution is 2.48. The topological polar surface area (TPSA) is 52.6 Å². The van der Waals surface area contributed by atoms with Gasteiger partial charge in [-0.15, -0.1) is 11.8 Å².